The first kappa shape index (κ1) is 21.1. The highest BCUT2D eigenvalue weighted by atomic mass is 19.1. The van der Waals surface area contributed by atoms with Crippen LogP contribution in [0.2, 0.25) is 0 Å². The highest BCUT2D eigenvalue weighted by Crippen LogP contribution is 2.28. The normalized spacial score (nSPS) is 19.7. The first-order chi connectivity index (χ1) is 14.1. The van der Waals surface area contributed by atoms with E-state index in [2.05, 4.69) is 10.6 Å². The van der Waals surface area contributed by atoms with Gasteiger partial charge in [0.05, 0.1) is 0 Å². The van der Waals surface area contributed by atoms with Gasteiger partial charge in [-0.2, -0.15) is 0 Å². The Balaban J connectivity index is 1.61. The molecule has 1 fully saturated rings. The summed E-state index contributed by atoms with van der Waals surface area (Å²) in [6.45, 7) is 2.17. The zero-order chi connectivity index (χ0) is 20.5. The van der Waals surface area contributed by atoms with Crippen molar-refractivity contribution >= 4 is 11.6 Å². The number of nitrogens with two attached hydrogens (primary N) is 1. The molecule has 0 aliphatic heterocycles. The Morgan fingerprint density at radius 2 is 1.93 bits per heavy atom. The number of nitrogens with one attached hydrogen (secondary N) is 2. The molecule has 0 amide bonds. The summed E-state index contributed by atoms with van der Waals surface area (Å²) in [6, 6.07) is 13.6. The summed E-state index contributed by atoms with van der Waals surface area (Å²) in [4.78, 5) is 4.78. The second kappa shape index (κ2) is 10.8. The molecule has 2 aromatic carbocycles. The first-order valence-corrected chi connectivity index (χ1v) is 10.4. The van der Waals surface area contributed by atoms with Crippen molar-refractivity contribution in [3.8, 4) is 5.75 Å². The van der Waals surface area contributed by atoms with E-state index in [9.17, 15) is 9.50 Å². The van der Waals surface area contributed by atoms with Crippen LogP contribution >= 0.6 is 0 Å². The lowest BCUT2D eigenvalue weighted by atomic mass is 9.81. The van der Waals surface area contributed by atoms with Crippen LogP contribution in [-0.4, -0.2) is 30.7 Å². The number of hydrogen-bond acceptors (Lipinski definition) is 3. The predicted octanol–water partition coefficient (Wildman–Crippen LogP) is 3.90. The van der Waals surface area contributed by atoms with Crippen LogP contribution in [0.15, 0.2) is 53.5 Å². The Morgan fingerprint density at radius 3 is 2.69 bits per heavy atom. The minimum absolute atomic E-state index is 0.264. The van der Waals surface area contributed by atoms with Crippen LogP contribution in [0.1, 0.15) is 31.2 Å². The fourth-order valence-electron chi connectivity index (χ4n) is 3.83. The number of halogens is 1. The molecular weight excluding hydrogens is 367 g/mol. The molecule has 1 aliphatic carbocycles. The summed E-state index contributed by atoms with van der Waals surface area (Å²) in [5.74, 6) is 1.78. The molecule has 2 unspecified atom stereocenters. The van der Waals surface area contributed by atoms with Crippen molar-refractivity contribution in [2.24, 2.45) is 22.6 Å². The van der Waals surface area contributed by atoms with E-state index < -0.39 is 0 Å². The summed E-state index contributed by atoms with van der Waals surface area (Å²) >= 11 is 0. The molecule has 1 aliphatic rings. The van der Waals surface area contributed by atoms with Gasteiger partial charge in [0.25, 0.3) is 0 Å². The third-order valence-electron chi connectivity index (χ3n) is 5.46. The van der Waals surface area contributed by atoms with E-state index in [1.165, 1.54) is 31.4 Å². The van der Waals surface area contributed by atoms with Gasteiger partial charge in [-0.3, -0.25) is 4.99 Å². The van der Waals surface area contributed by atoms with E-state index in [0.717, 1.165) is 31.5 Å². The van der Waals surface area contributed by atoms with Gasteiger partial charge in [-0.05, 0) is 80.0 Å². The number of aliphatic imine (C=N–C) groups is 1. The molecule has 0 aromatic heterocycles. The van der Waals surface area contributed by atoms with Crippen molar-refractivity contribution in [2.75, 3.05) is 25.0 Å². The summed E-state index contributed by atoms with van der Waals surface area (Å²) in [6.07, 6.45) is 5.53. The van der Waals surface area contributed by atoms with Gasteiger partial charge < -0.3 is 21.5 Å². The second-order valence-electron chi connectivity index (χ2n) is 7.80. The Labute approximate surface area is 172 Å². The van der Waals surface area contributed by atoms with Crippen LogP contribution in [0.5, 0.6) is 5.75 Å². The van der Waals surface area contributed by atoms with Gasteiger partial charge in [0.1, 0.15) is 11.6 Å². The molecule has 1 saturated carbocycles. The van der Waals surface area contributed by atoms with Crippen molar-refractivity contribution in [3.05, 3.63) is 59.9 Å². The molecule has 3 rings (SSSR count). The van der Waals surface area contributed by atoms with Crippen LogP contribution < -0.4 is 16.4 Å². The number of rotatable bonds is 7. The van der Waals surface area contributed by atoms with E-state index in [1.807, 2.05) is 18.2 Å². The molecule has 0 saturated heterocycles. The average molecular weight is 399 g/mol. The molecule has 2 aromatic rings. The number of hydrogen-bond donors (Lipinski definition) is 4. The molecule has 156 valence electrons. The van der Waals surface area contributed by atoms with E-state index in [-0.39, 0.29) is 11.6 Å². The third kappa shape index (κ3) is 7.06. The van der Waals surface area contributed by atoms with E-state index in [0.29, 0.717) is 30.0 Å². The van der Waals surface area contributed by atoms with Crippen LogP contribution in [-0.2, 0) is 6.42 Å². The maximum absolute atomic E-state index is 13.5. The lowest BCUT2D eigenvalue weighted by molar-refractivity contribution is 0.277. The summed E-state index contributed by atoms with van der Waals surface area (Å²) < 4.78 is 13.5. The van der Waals surface area contributed by atoms with Crippen molar-refractivity contribution in [1.82, 2.24) is 5.32 Å². The molecule has 0 heterocycles. The van der Waals surface area contributed by atoms with Gasteiger partial charge in [0.15, 0.2) is 5.96 Å². The molecule has 0 bridgehead atoms. The molecule has 0 spiro atoms. The Hall–Kier alpha value is -2.60. The predicted molar refractivity (Wildman–Crippen MR) is 117 cm³/mol. The number of nitrogens with zero attached hydrogens (tertiary/aromatic N) is 1. The minimum Gasteiger partial charge on any atom is -0.508 e. The molecule has 0 radical (unpaired) electrons. The van der Waals surface area contributed by atoms with Crippen LogP contribution in [0.3, 0.4) is 0 Å². The Morgan fingerprint density at radius 1 is 1.14 bits per heavy atom. The second-order valence-corrected chi connectivity index (χ2v) is 7.80. The zero-order valence-corrected chi connectivity index (χ0v) is 16.8. The lowest BCUT2D eigenvalue weighted by Gasteiger charge is -2.27. The molecule has 6 heteroatoms. The van der Waals surface area contributed by atoms with E-state index >= 15 is 0 Å². The summed E-state index contributed by atoms with van der Waals surface area (Å²) in [5, 5.41) is 16.0. The smallest absolute Gasteiger partial charge is 0.195 e. The van der Waals surface area contributed by atoms with Crippen LogP contribution in [0.4, 0.5) is 10.1 Å². The number of aromatic hydroxyl groups is 1. The van der Waals surface area contributed by atoms with Crippen molar-refractivity contribution < 1.29 is 9.50 Å². The largest absolute Gasteiger partial charge is 0.508 e. The fourth-order valence-corrected chi connectivity index (χ4v) is 3.83. The zero-order valence-electron chi connectivity index (χ0n) is 16.8. The topological polar surface area (TPSA) is 82.7 Å². The van der Waals surface area contributed by atoms with Gasteiger partial charge in [0.2, 0.25) is 0 Å². The summed E-state index contributed by atoms with van der Waals surface area (Å²) in [7, 11) is 0. The van der Waals surface area contributed by atoms with Crippen molar-refractivity contribution in [2.45, 2.75) is 32.1 Å². The van der Waals surface area contributed by atoms with E-state index in [4.69, 9.17) is 10.7 Å². The van der Waals surface area contributed by atoms with E-state index in [1.54, 1.807) is 18.2 Å². The standard InChI is InChI=1S/C23H31FN4O/c24-20-5-2-6-21(14-20)28-23(26-12-11-17-7-9-22(29)10-8-17)27-16-19-4-1-3-18(13-19)15-25/h2,5-10,14,18-19,29H,1,3-4,11-13,15-16,25H2,(H2,26,27,28). The Bertz CT molecular complexity index is 794. The Kier molecular flexibility index (Phi) is 7.87. The third-order valence-corrected chi connectivity index (χ3v) is 5.46. The number of anilines is 1. The van der Waals surface area contributed by atoms with Crippen LogP contribution in [0.25, 0.3) is 0 Å². The first-order valence-electron chi connectivity index (χ1n) is 10.4. The number of phenols is 1. The maximum atomic E-state index is 13.5. The number of benzene rings is 2. The molecule has 5 N–H and O–H groups in total. The van der Waals surface area contributed by atoms with Gasteiger partial charge in [-0.1, -0.05) is 24.6 Å². The highest BCUT2D eigenvalue weighted by molar-refractivity contribution is 5.93. The SMILES string of the molecule is NCC1CCCC(CN=C(NCCc2ccc(O)cc2)Nc2cccc(F)c2)C1. The maximum Gasteiger partial charge on any atom is 0.195 e. The van der Waals surface area contributed by atoms with Gasteiger partial charge >= 0.3 is 0 Å². The monoisotopic (exact) mass is 398 g/mol. The number of phenolic OH excluding ortho intramolecular Hbond substituents is 1. The molecular formula is C23H31FN4O. The molecule has 29 heavy (non-hydrogen) atoms. The quantitative estimate of drug-likeness (QED) is 0.421. The average Bonchev–Trinajstić information content (AvgIpc) is 2.73. The number of guanidine groups is 1. The summed E-state index contributed by atoms with van der Waals surface area (Å²) in [5.41, 5.74) is 7.65. The van der Waals surface area contributed by atoms with Crippen molar-refractivity contribution in [3.63, 3.8) is 0 Å². The fraction of sp³-hybridized carbons (Fsp3) is 0.435. The minimum atomic E-state index is -0.281. The highest BCUT2D eigenvalue weighted by Gasteiger charge is 2.20. The lowest BCUT2D eigenvalue weighted by Crippen LogP contribution is -2.33. The van der Waals surface area contributed by atoms with Crippen molar-refractivity contribution in [1.29, 1.82) is 0 Å². The van der Waals surface area contributed by atoms with Gasteiger partial charge in [-0.15, -0.1) is 0 Å². The van der Waals surface area contributed by atoms with Crippen LogP contribution in [0, 0.1) is 17.7 Å². The molecule has 5 nitrogen and oxygen atoms in total. The van der Waals surface area contributed by atoms with Gasteiger partial charge in [-0.25, -0.2) is 4.39 Å². The molecule has 2 atom stereocenters. The van der Waals surface area contributed by atoms with Gasteiger partial charge in [0, 0.05) is 18.8 Å².